The predicted molar refractivity (Wildman–Crippen MR) is 496 cm³/mol. The quantitative estimate of drug-likeness (QED) is 0.120. The van der Waals surface area contributed by atoms with Gasteiger partial charge in [-0.05, 0) is 312 Å². The molecule has 16 aromatic carbocycles. The van der Waals surface area contributed by atoms with Crippen LogP contribution < -0.4 is 9.80 Å². The maximum Gasteiger partial charge on any atom is 0.0546 e. The summed E-state index contributed by atoms with van der Waals surface area (Å²) in [5.41, 5.74) is 40.2. The first kappa shape index (κ1) is 70.6. The molecule has 27 rings (SSSR count). The summed E-state index contributed by atoms with van der Waals surface area (Å²) in [6, 6.07) is 141. The molecule has 2 heteroatoms. The molecule has 0 heterocycles. The van der Waals surface area contributed by atoms with Crippen LogP contribution in [0.3, 0.4) is 0 Å². The van der Waals surface area contributed by atoms with Crippen LogP contribution in [0.4, 0.5) is 34.1 Å². The van der Waals surface area contributed by atoms with Gasteiger partial charge >= 0.3 is 0 Å². The van der Waals surface area contributed by atoms with Crippen molar-refractivity contribution >= 4 is 44.9 Å². The lowest BCUT2D eigenvalue weighted by molar-refractivity contribution is -0.0399. The Kier molecular flexibility index (Phi) is 16.5. The molecule has 2 spiro atoms. The summed E-state index contributed by atoms with van der Waals surface area (Å²) in [6.07, 6.45) is 14.2. The van der Waals surface area contributed by atoms with E-state index in [0.717, 1.165) is 70.1 Å². The minimum atomic E-state index is -0.0825. The highest BCUT2D eigenvalue weighted by Gasteiger charge is 2.64. The second-order valence-corrected chi connectivity index (χ2v) is 37.0. The zero-order chi connectivity index (χ0) is 78.7. The van der Waals surface area contributed by atoms with Gasteiger partial charge in [-0.25, -0.2) is 0 Å². The summed E-state index contributed by atoms with van der Waals surface area (Å²) in [7, 11) is 0. The lowest BCUT2D eigenvalue weighted by Crippen LogP contribution is -2.55. The molecule has 11 aliphatic carbocycles. The lowest BCUT2D eigenvalue weighted by Gasteiger charge is -2.61. The summed E-state index contributed by atoms with van der Waals surface area (Å²) < 4.78 is 0. The largest absolute Gasteiger partial charge is 0.310 e. The van der Waals surface area contributed by atoms with Gasteiger partial charge < -0.3 is 9.80 Å². The normalized spacial score (nSPS) is 22.7. The first-order valence-corrected chi connectivity index (χ1v) is 44.2. The van der Waals surface area contributed by atoms with E-state index in [4.69, 9.17) is 0 Å². The van der Waals surface area contributed by atoms with Crippen molar-refractivity contribution in [2.45, 2.75) is 94.3 Å². The summed E-state index contributed by atoms with van der Waals surface area (Å²) in [5.74, 6) is 6.77. The molecule has 8 bridgehead atoms. The zero-order valence-corrected chi connectivity index (χ0v) is 67.9. The number of hydrogen-bond acceptors (Lipinski definition) is 2. The molecular weight excluding hydrogens is 1430 g/mol. The van der Waals surface area contributed by atoms with Gasteiger partial charge in [0, 0.05) is 49.9 Å². The van der Waals surface area contributed by atoms with Crippen LogP contribution in [0, 0.1) is 47.3 Å². The van der Waals surface area contributed by atoms with Crippen molar-refractivity contribution in [3.05, 3.63) is 409 Å². The number of benzene rings is 16. The van der Waals surface area contributed by atoms with Crippen molar-refractivity contribution in [2.75, 3.05) is 9.80 Å². The van der Waals surface area contributed by atoms with Gasteiger partial charge in [-0.3, -0.25) is 0 Å². The third kappa shape index (κ3) is 11.0. The molecule has 0 radical (unpaired) electrons. The second kappa shape index (κ2) is 27.8. The molecule has 8 saturated carbocycles. The lowest BCUT2D eigenvalue weighted by atomic mass is 9.42. The van der Waals surface area contributed by atoms with E-state index in [1.807, 2.05) is 0 Å². The predicted octanol–water partition coefficient (Wildman–Crippen LogP) is 31.2. The Balaban J connectivity index is 0.000000136. The third-order valence-electron chi connectivity index (χ3n) is 30.7. The van der Waals surface area contributed by atoms with Gasteiger partial charge in [-0.15, -0.1) is 0 Å². The summed E-state index contributed by atoms with van der Waals surface area (Å²) >= 11 is 0. The Labute approximate surface area is 701 Å². The molecule has 0 saturated heterocycles. The van der Waals surface area contributed by atoms with Crippen LogP contribution in [-0.4, -0.2) is 0 Å². The van der Waals surface area contributed by atoms with E-state index in [9.17, 15) is 0 Å². The fraction of sp³-hybridized carbons (Fsp3) is 0.197. The van der Waals surface area contributed by atoms with Crippen molar-refractivity contribution in [3.8, 4) is 100 Å². The van der Waals surface area contributed by atoms with Crippen LogP contribution in [0.25, 0.3) is 111 Å². The first-order valence-electron chi connectivity index (χ1n) is 44.2. The van der Waals surface area contributed by atoms with E-state index in [0.29, 0.717) is 0 Å². The first-order chi connectivity index (χ1) is 58.7. The molecule has 0 amide bonds. The van der Waals surface area contributed by atoms with Gasteiger partial charge in [0.1, 0.15) is 0 Å². The standard InChI is InChI=1S/C61H51N.C56H45N/c1-60(2)54-18-8-7-15-53(54)58-56(60)20-11-21-57(58)62(48-30-26-43(27-31-48)41-12-4-3-5-13-41)49-32-28-44(29-33-49)42-22-24-45(25-23-42)50-16-10-17-52-51-14-6-9-19-55(51)61(59(50)52)46-35-39-34-40(37-46)38-47(61)36-39;1-3-12-39(13-4-1)41-24-27-47(28-25-41)57(48-19-9-18-43(35-48)40-14-5-2-6-15-40)54-23-11-17-42-16-10-21-49(55(42)54)44-26-29-53-51(36-44)50-20-7-8-22-52(50)56(53)45-31-37-30-38(33-45)34-46(56)32-37/h3-33,39-40,46-47H,34-38H2,1-2H3;1-29,35-38,45-46H,30-34H2. The monoisotopic (exact) mass is 1530 g/mol. The minimum Gasteiger partial charge on any atom is -0.310 e. The van der Waals surface area contributed by atoms with Crippen molar-refractivity contribution in [2.24, 2.45) is 47.3 Å². The molecule has 119 heavy (non-hydrogen) atoms. The molecule has 0 N–H and O–H groups in total. The van der Waals surface area contributed by atoms with Gasteiger partial charge in [-0.2, -0.15) is 0 Å². The fourth-order valence-corrected chi connectivity index (χ4v) is 26.3. The molecular formula is C117H96N2. The molecule has 0 aliphatic heterocycles. The average molecular weight is 1530 g/mol. The highest BCUT2D eigenvalue weighted by Crippen LogP contribution is 2.72. The zero-order valence-electron chi connectivity index (χ0n) is 67.9. The van der Waals surface area contributed by atoms with E-state index in [2.05, 4.69) is 400 Å². The Morgan fingerprint density at radius 2 is 0.580 bits per heavy atom. The maximum absolute atomic E-state index is 2.57. The molecule has 0 aromatic heterocycles. The molecule has 11 aliphatic rings. The number of rotatable bonds is 12. The topological polar surface area (TPSA) is 6.48 Å². The van der Waals surface area contributed by atoms with Gasteiger partial charge in [0.05, 0.1) is 11.4 Å². The molecule has 0 unspecified atom stereocenters. The fourth-order valence-electron chi connectivity index (χ4n) is 26.3. The number of nitrogens with zero attached hydrogens (tertiary/aromatic N) is 2. The van der Waals surface area contributed by atoms with Gasteiger partial charge in [0.2, 0.25) is 0 Å². The molecule has 8 fully saturated rings. The number of fused-ring (bicyclic) bond motifs is 10. The van der Waals surface area contributed by atoms with Gasteiger partial charge in [-0.1, -0.05) is 323 Å². The molecule has 574 valence electrons. The molecule has 16 aromatic rings. The van der Waals surface area contributed by atoms with Crippen molar-refractivity contribution < 1.29 is 0 Å². The van der Waals surface area contributed by atoms with Gasteiger partial charge in [0.15, 0.2) is 0 Å². The van der Waals surface area contributed by atoms with Crippen molar-refractivity contribution in [1.82, 2.24) is 0 Å². The van der Waals surface area contributed by atoms with E-state index in [1.165, 1.54) is 198 Å². The highest BCUT2D eigenvalue weighted by molar-refractivity contribution is 6.09. The Bertz CT molecular complexity index is 6570. The Morgan fingerprint density at radius 3 is 1.14 bits per heavy atom. The van der Waals surface area contributed by atoms with Crippen LogP contribution in [0.2, 0.25) is 0 Å². The van der Waals surface area contributed by atoms with Gasteiger partial charge in [0.25, 0.3) is 0 Å². The maximum atomic E-state index is 2.57. The van der Waals surface area contributed by atoms with Crippen LogP contribution in [0.15, 0.2) is 376 Å². The van der Waals surface area contributed by atoms with E-state index < -0.39 is 0 Å². The smallest absolute Gasteiger partial charge is 0.0546 e. The van der Waals surface area contributed by atoms with Crippen molar-refractivity contribution in [3.63, 3.8) is 0 Å². The molecule has 0 atom stereocenters. The van der Waals surface area contributed by atoms with E-state index in [-0.39, 0.29) is 16.2 Å². The average Bonchev–Trinajstić information content (AvgIpc) is 1.56. The van der Waals surface area contributed by atoms with Crippen LogP contribution in [0.1, 0.15) is 111 Å². The highest BCUT2D eigenvalue weighted by atomic mass is 15.2. The number of hydrogen-bond donors (Lipinski definition) is 0. The number of anilines is 6. The van der Waals surface area contributed by atoms with E-state index >= 15 is 0 Å². The second-order valence-electron chi connectivity index (χ2n) is 37.0. The van der Waals surface area contributed by atoms with Crippen LogP contribution in [0.5, 0.6) is 0 Å². The third-order valence-corrected chi connectivity index (χ3v) is 30.7. The van der Waals surface area contributed by atoms with E-state index in [1.54, 1.807) is 22.3 Å². The Morgan fingerprint density at radius 1 is 0.218 bits per heavy atom. The minimum absolute atomic E-state index is 0.0825. The Hall–Kier alpha value is -12.6. The van der Waals surface area contributed by atoms with Crippen LogP contribution >= 0.6 is 0 Å². The summed E-state index contributed by atoms with van der Waals surface area (Å²) in [6.45, 7) is 4.73. The SMILES string of the molecule is CC1(C)c2ccccc2-c2c(N(c3ccc(-c4ccccc4)cc3)c3ccc(-c4ccc(-c5cccc6c5C5(c7ccccc7-6)C6CC7CC(C6)CC5C7)cc4)cc3)cccc21.c1ccc(-c2ccc(N(c3cccc(-c4ccccc4)c3)c3cccc4cccc(-c5ccc6c(c5)-c5ccccc5C65C6CC7CC(C6)CC5C7)c34)cc2)cc1. The molecule has 2 nitrogen and oxygen atoms in total. The van der Waals surface area contributed by atoms with Crippen LogP contribution in [-0.2, 0) is 16.2 Å². The summed E-state index contributed by atoms with van der Waals surface area (Å²) in [4.78, 5) is 4.94. The van der Waals surface area contributed by atoms with Crippen molar-refractivity contribution in [1.29, 1.82) is 0 Å². The summed E-state index contributed by atoms with van der Waals surface area (Å²) in [5, 5.41) is 2.52.